The SMILES string of the molecule is Cc1ccc(S(=O)(=O)N(CC(=O)N(Cc2ccc(Cl)c(Cl)c2)C(Cc2ccccc2)C(=O)NC2CCCCC2)c2ccc(C)c(Cl)c2)cc1. The largest absolute Gasteiger partial charge is 0.352 e. The number of aryl methyl sites for hydroxylation is 2. The van der Waals surface area contributed by atoms with Gasteiger partial charge in [0.1, 0.15) is 12.6 Å². The molecule has 258 valence electrons. The van der Waals surface area contributed by atoms with E-state index in [1.165, 1.54) is 23.1 Å². The number of halogens is 3. The van der Waals surface area contributed by atoms with E-state index in [0.29, 0.717) is 20.6 Å². The molecule has 1 N–H and O–H groups in total. The molecule has 0 aromatic heterocycles. The highest BCUT2D eigenvalue weighted by molar-refractivity contribution is 7.92. The molecule has 0 radical (unpaired) electrons. The average molecular weight is 741 g/mol. The molecule has 1 aliphatic rings. The van der Waals surface area contributed by atoms with E-state index in [2.05, 4.69) is 5.32 Å². The summed E-state index contributed by atoms with van der Waals surface area (Å²) in [5.74, 6) is -0.867. The third kappa shape index (κ3) is 9.37. The van der Waals surface area contributed by atoms with E-state index in [1.54, 1.807) is 42.5 Å². The number of carbonyl (C=O) groups is 2. The number of hydrogen-bond donors (Lipinski definition) is 1. The van der Waals surface area contributed by atoms with Gasteiger partial charge in [-0.2, -0.15) is 0 Å². The minimum absolute atomic E-state index is 0.00503. The van der Waals surface area contributed by atoms with Crippen molar-refractivity contribution < 1.29 is 18.0 Å². The fraction of sp³-hybridized carbons (Fsp3) is 0.316. The van der Waals surface area contributed by atoms with Crippen LogP contribution < -0.4 is 9.62 Å². The molecule has 1 fully saturated rings. The van der Waals surface area contributed by atoms with E-state index in [4.69, 9.17) is 34.8 Å². The molecular formula is C38H40Cl3N3O4S. The molecule has 0 bridgehead atoms. The zero-order chi connectivity index (χ0) is 35.1. The van der Waals surface area contributed by atoms with E-state index in [-0.39, 0.29) is 35.5 Å². The van der Waals surface area contributed by atoms with E-state index in [1.807, 2.05) is 44.2 Å². The van der Waals surface area contributed by atoms with Gasteiger partial charge in [-0.05, 0) is 79.8 Å². The van der Waals surface area contributed by atoms with Crippen molar-refractivity contribution in [3.63, 3.8) is 0 Å². The summed E-state index contributed by atoms with van der Waals surface area (Å²) in [5.41, 5.74) is 3.36. The van der Waals surface area contributed by atoms with Crippen molar-refractivity contribution in [2.45, 2.75) is 75.9 Å². The first-order valence-electron chi connectivity index (χ1n) is 16.4. The fourth-order valence-corrected chi connectivity index (χ4v) is 7.94. The summed E-state index contributed by atoms with van der Waals surface area (Å²) in [4.78, 5) is 30.5. The summed E-state index contributed by atoms with van der Waals surface area (Å²) in [7, 11) is -4.25. The molecule has 0 aliphatic heterocycles. The molecule has 49 heavy (non-hydrogen) atoms. The Morgan fingerprint density at radius 3 is 2.14 bits per heavy atom. The molecule has 4 aromatic rings. The lowest BCUT2D eigenvalue weighted by atomic mass is 9.94. The van der Waals surface area contributed by atoms with Gasteiger partial charge in [-0.3, -0.25) is 13.9 Å². The molecule has 11 heteroatoms. The quantitative estimate of drug-likeness (QED) is 0.158. The molecule has 1 unspecified atom stereocenters. The van der Waals surface area contributed by atoms with Crippen LogP contribution in [0.25, 0.3) is 0 Å². The number of nitrogens with zero attached hydrogens (tertiary/aromatic N) is 2. The van der Waals surface area contributed by atoms with Crippen LogP contribution in [0, 0.1) is 13.8 Å². The van der Waals surface area contributed by atoms with Crippen molar-refractivity contribution in [3.05, 3.63) is 128 Å². The molecule has 4 aromatic carbocycles. The van der Waals surface area contributed by atoms with Crippen LogP contribution in [0.3, 0.4) is 0 Å². The van der Waals surface area contributed by atoms with Gasteiger partial charge in [0, 0.05) is 24.0 Å². The maximum absolute atomic E-state index is 14.7. The number of sulfonamides is 1. The predicted molar refractivity (Wildman–Crippen MR) is 198 cm³/mol. The smallest absolute Gasteiger partial charge is 0.264 e. The molecular weight excluding hydrogens is 701 g/mol. The van der Waals surface area contributed by atoms with Gasteiger partial charge < -0.3 is 10.2 Å². The maximum Gasteiger partial charge on any atom is 0.264 e. The molecule has 0 spiro atoms. The first kappa shape index (κ1) is 36.7. The molecule has 1 aliphatic carbocycles. The van der Waals surface area contributed by atoms with Gasteiger partial charge in [-0.1, -0.05) is 114 Å². The van der Waals surface area contributed by atoms with E-state index >= 15 is 0 Å². The highest BCUT2D eigenvalue weighted by atomic mass is 35.5. The Hall–Kier alpha value is -3.56. The number of carbonyl (C=O) groups excluding carboxylic acids is 2. The zero-order valence-corrected chi connectivity index (χ0v) is 30.6. The lowest BCUT2D eigenvalue weighted by molar-refractivity contribution is -0.140. The third-order valence-electron chi connectivity index (χ3n) is 8.89. The Labute approximate surface area is 304 Å². The Kier molecular flexibility index (Phi) is 12.3. The fourth-order valence-electron chi connectivity index (χ4n) is 6.04. The zero-order valence-electron chi connectivity index (χ0n) is 27.5. The van der Waals surface area contributed by atoms with Gasteiger partial charge in [-0.15, -0.1) is 0 Å². The summed E-state index contributed by atoms with van der Waals surface area (Å²) in [6, 6.07) is 24.9. The topological polar surface area (TPSA) is 86.8 Å². The number of anilines is 1. The first-order chi connectivity index (χ1) is 23.4. The predicted octanol–water partition coefficient (Wildman–Crippen LogP) is 8.55. The van der Waals surface area contributed by atoms with Crippen molar-refractivity contribution in [1.29, 1.82) is 0 Å². The van der Waals surface area contributed by atoms with Crippen LogP contribution in [-0.4, -0.2) is 43.8 Å². The van der Waals surface area contributed by atoms with Crippen molar-refractivity contribution in [3.8, 4) is 0 Å². The summed E-state index contributed by atoms with van der Waals surface area (Å²) >= 11 is 19.1. The molecule has 0 saturated heterocycles. The Balaban J connectivity index is 1.59. The highest BCUT2D eigenvalue weighted by Gasteiger charge is 2.35. The van der Waals surface area contributed by atoms with Crippen molar-refractivity contribution in [1.82, 2.24) is 10.2 Å². The monoisotopic (exact) mass is 739 g/mol. The molecule has 1 saturated carbocycles. The van der Waals surface area contributed by atoms with Gasteiger partial charge in [0.05, 0.1) is 20.6 Å². The average Bonchev–Trinajstić information content (AvgIpc) is 3.09. The number of benzene rings is 4. The second-order valence-electron chi connectivity index (χ2n) is 12.6. The molecule has 5 rings (SSSR count). The number of amides is 2. The van der Waals surface area contributed by atoms with Gasteiger partial charge >= 0.3 is 0 Å². The van der Waals surface area contributed by atoms with E-state index < -0.39 is 28.5 Å². The van der Waals surface area contributed by atoms with Gasteiger partial charge in [0.15, 0.2) is 0 Å². The van der Waals surface area contributed by atoms with E-state index in [0.717, 1.165) is 53.1 Å². The summed E-state index contributed by atoms with van der Waals surface area (Å²) in [5, 5.41) is 4.22. The minimum Gasteiger partial charge on any atom is -0.352 e. The van der Waals surface area contributed by atoms with Crippen molar-refractivity contribution in [2.75, 3.05) is 10.8 Å². The normalized spacial score (nSPS) is 14.2. The molecule has 2 amide bonds. The maximum atomic E-state index is 14.7. The number of hydrogen-bond acceptors (Lipinski definition) is 4. The standard InChI is InChI=1S/C38H40Cl3N3O4S/c1-26-13-18-32(19-14-26)49(47,48)44(31-17-15-27(2)34(40)23-31)25-37(45)43(24-29-16-20-33(39)35(41)21-29)36(22-28-9-5-3-6-10-28)38(46)42-30-11-7-4-8-12-30/h3,5-6,9-10,13-21,23,30,36H,4,7-8,11-12,22,24-25H2,1-2H3,(H,42,46). The minimum atomic E-state index is -4.25. The summed E-state index contributed by atoms with van der Waals surface area (Å²) in [6.45, 7) is 3.08. The first-order valence-corrected chi connectivity index (χ1v) is 18.9. The van der Waals surface area contributed by atoms with Crippen molar-refractivity contribution >= 4 is 62.3 Å². The van der Waals surface area contributed by atoms with Gasteiger partial charge in [-0.25, -0.2) is 8.42 Å². The number of rotatable bonds is 12. The molecule has 0 heterocycles. The third-order valence-corrected chi connectivity index (χ3v) is 11.8. The lowest BCUT2D eigenvalue weighted by Gasteiger charge is -2.35. The number of nitrogens with one attached hydrogen (secondary N) is 1. The van der Waals surface area contributed by atoms with Crippen LogP contribution in [0.1, 0.15) is 54.4 Å². The molecule has 1 atom stereocenters. The Bertz CT molecular complexity index is 1880. The van der Waals surface area contributed by atoms with Gasteiger partial charge in [0.25, 0.3) is 10.0 Å². The Morgan fingerprint density at radius 2 is 1.49 bits per heavy atom. The van der Waals surface area contributed by atoms with E-state index in [9.17, 15) is 18.0 Å². The highest BCUT2D eigenvalue weighted by Crippen LogP contribution is 2.30. The van der Waals surface area contributed by atoms with Crippen LogP contribution in [-0.2, 0) is 32.6 Å². The Morgan fingerprint density at radius 1 is 0.796 bits per heavy atom. The molecule has 7 nitrogen and oxygen atoms in total. The van der Waals surface area contributed by atoms with Crippen LogP contribution in [0.15, 0.2) is 95.9 Å². The summed E-state index contributed by atoms with van der Waals surface area (Å²) < 4.78 is 29.7. The second-order valence-corrected chi connectivity index (χ2v) is 15.7. The van der Waals surface area contributed by atoms with Crippen LogP contribution >= 0.6 is 34.8 Å². The van der Waals surface area contributed by atoms with Crippen molar-refractivity contribution in [2.24, 2.45) is 0 Å². The van der Waals surface area contributed by atoms with Gasteiger partial charge in [0.2, 0.25) is 11.8 Å². The summed E-state index contributed by atoms with van der Waals surface area (Å²) in [6.07, 6.45) is 5.10. The van der Waals surface area contributed by atoms with Crippen LogP contribution in [0.4, 0.5) is 5.69 Å². The second kappa shape index (κ2) is 16.4. The van der Waals surface area contributed by atoms with Crippen LogP contribution in [0.2, 0.25) is 15.1 Å². The lowest BCUT2D eigenvalue weighted by Crippen LogP contribution is -2.55. The van der Waals surface area contributed by atoms with Crippen LogP contribution in [0.5, 0.6) is 0 Å².